The molecule has 0 radical (unpaired) electrons. The smallest absolute Gasteiger partial charge is 0.141 e. The highest BCUT2D eigenvalue weighted by Gasteiger charge is 2.38. The van der Waals surface area contributed by atoms with E-state index in [1.54, 1.807) is 0 Å². The van der Waals surface area contributed by atoms with Crippen molar-refractivity contribution in [2.24, 2.45) is 11.3 Å². The lowest BCUT2D eigenvalue weighted by atomic mass is 9.69. The average molecular weight is 197 g/mol. The summed E-state index contributed by atoms with van der Waals surface area (Å²) in [5.74, 6) is 0.747. The van der Waals surface area contributed by atoms with Gasteiger partial charge in [0.25, 0.3) is 0 Å². The van der Waals surface area contributed by atoms with Crippen LogP contribution in [0.5, 0.6) is 0 Å². The molecule has 1 fully saturated rings. The summed E-state index contributed by atoms with van der Waals surface area (Å²) < 4.78 is 0. The zero-order valence-corrected chi connectivity index (χ0v) is 9.73. The predicted octanol–water partition coefficient (Wildman–Crippen LogP) is 2.38. The lowest BCUT2D eigenvalue weighted by Gasteiger charge is -2.37. The minimum atomic E-state index is 0.000671. The Balaban J connectivity index is 2.72. The van der Waals surface area contributed by atoms with Crippen LogP contribution in [0.2, 0.25) is 0 Å². The van der Waals surface area contributed by atoms with E-state index >= 15 is 0 Å². The van der Waals surface area contributed by atoms with Gasteiger partial charge in [0.2, 0.25) is 0 Å². The van der Waals surface area contributed by atoms with Crippen molar-refractivity contribution in [3.63, 3.8) is 0 Å². The molecule has 0 aromatic carbocycles. The van der Waals surface area contributed by atoms with E-state index in [0.29, 0.717) is 5.78 Å². The van der Waals surface area contributed by atoms with Gasteiger partial charge < -0.3 is 5.32 Å². The molecule has 1 aliphatic rings. The van der Waals surface area contributed by atoms with Crippen LogP contribution in [0.3, 0.4) is 0 Å². The first-order valence-corrected chi connectivity index (χ1v) is 5.91. The molecule has 0 aromatic rings. The Hall–Kier alpha value is -0.370. The number of rotatable bonds is 4. The topological polar surface area (TPSA) is 29.1 Å². The SMILES string of the molecule is CCC(C)C(=O)C1(CC)CCNCC1. The van der Waals surface area contributed by atoms with Crippen molar-refractivity contribution in [3.8, 4) is 0 Å². The van der Waals surface area contributed by atoms with Crippen molar-refractivity contribution in [3.05, 3.63) is 0 Å². The molecule has 82 valence electrons. The number of piperidine rings is 1. The van der Waals surface area contributed by atoms with Crippen LogP contribution in [-0.2, 0) is 4.79 Å². The standard InChI is InChI=1S/C12H23NO/c1-4-10(3)11(14)12(5-2)6-8-13-9-7-12/h10,13H,4-9H2,1-3H3. The van der Waals surface area contributed by atoms with E-state index in [4.69, 9.17) is 0 Å². The number of ketones is 1. The van der Waals surface area contributed by atoms with Crippen LogP contribution in [0.25, 0.3) is 0 Å². The molecule has 1 aliphatic heterocycles. The zero-order chi connectivity index (χ0) is 10.6. The summed E-state index contributed by atoms with van der Waals surface area (Å²) >= 11 is 0. The molecule has 0 spiro atoms. The number of hydrogen-bond acceptors (Lipinski definition) is 2. The van der Waals surface area contributed by atoms with Crippen molar-refractivity contribution in [2.75, 3.05) is 13.1 Å². The molecule has 1 atom stereocenters. The van der Waals surface area contributed by atoms with Gasteiger partial charge in [0.05, 0.1) is 0 Å². The van der Waals surface area contributed by atoms with Gasteiger partial charge in [-0.3, -0.25) is 4.79 Å². The maximum absolute atomic E-state index is 12.3. The number of hydrogen-bond donors (Lipinski definition) is 1. The molecule has 0 aliphatic carbocycles. The van der Waals surface area contributed by atoms with E-state index in [-0.39, 0.29) is 11.3 Å². The molecule has 14 heavy (non-hydrogen) atoms. The molecule has 0 amide bonds. The van der Waals surface area contributed by atoms with Crippen molar-refractivity contribution in [1.29, 1.82) is 0 Å². The van der Waals surface area contributed by atoms with Gasteiger partial charge in [0.15, 0.2) is 0 Å². The Labute approximate surface area is 87.5 Å². The van der Waals surface area contributed by atoms with Gasteiger partial charge in [-0.2, -0.15) is 0 Å². The van der Waals surface area contributed by atoms with Crippen LogP contribution in [0.15, 0.2) is 0 Å². The fourth-order valence-corrected chi connectivity index (χ4v) is 2.39. The maximum Gasteiger partial charge on any atom is 0.141 e. The van der Waals surface area contributed by atoms with Crippen LogP contribution in [-0.4, -0.2) is 18.9 Å². The van der Waals surface area contributed by atoms with Gasteiger partial charge in [-0.25, -0.2) is 0 Å². The van der Waals surface area contributed by atoms with Crippen LogP contribution < -0.4 is 5.32 Å². The largest absolute Gasteiger partial charge is 0.317 e. The Kier molecular flexibility index (Phi) is 4.11. The third-order valence-electron chi connectivity index (χ3n) is 3.82. The predicted molar refractivity (Wildman–Crippen MR) is 59.3 cm³/mol. The van der Waals surface area contributed by atoms with E-state index < -0.39 is 0 Å². The van der Waals surface area contributed by atoms with E-state index in [0.717, 1.165) is 38.8 Å². The minimum Gasteiger partial charge on any atom is -0.317 e. The molecule has 1 saturated heterocycles. The fraction of sp³-hybridized carbons (Fsp3) is 0.917. The second-order valence-electron chi connectivity index (χ2n) is 4.56. The normalized spacial score (nSPS) is 23.1. The molecule has 0 saturated carbocycles. The Morgan fingerprint density at radius 3 is 2.36 bits per heavy atom. The van der Waals surface area contributed by atoms with Gasteiger partial charge in [-0.05, 0) is 38.8 Å². The van der Waals surface area contributed by atoms with E-state index in [9.17, 15) is 4.79 Å². The molecular formula is C12H23NO. The Morgan fingerprint density at radius 1 is 1.36 bits per heavy atom. The Bertz CT molecular complexity index is 194. The summed E-state index contributed by atoms with van der Waals surface area (Å²) in [6.45, 7) is 8.35. The van der Waals surface area contributed by atoms with Crippen molar-refractivity contribution in [1.82, 2.24) is 5.32 Å². The summed E-state index contributed by atoms with van der Waals surface area (Å²) in [5, 5.41) is 3.33. The molecule has 1 unspecified atom stereocenters. The first-order valence-electron chi connectivity index (χ1n) is 5.91. The highest BCUT2D eigenvalue weighted by Crippen LogP contribution is 2.36. The highest BCUT2D eigenvalue weighted by atomic mass is 16.1. The number of nitrogens with one attached hydrogen (secondary N) is 1. The zero-order valence-electron chi connectivity index (χ0n) is 9.73. The summed E-state index contributed by atoms with van der Waals surface area (Å²) in [7, 11) is 0. The highest BCUT2D eigenvalue weighted by molar-refractivity contribution is 5.86. The first-order chi connectivity index (χ1) is 6.66. The number of carbonyl (C=O) groups is 1. The van der Waals surface area contributed by atoms with Crippen LogP contribution in [0, 0.1) is 11.3 Å². The monoisotopic (exact) mass is 197 g/mol. The summed E-state index contributed by atoms with van der Waals surface area (Å²) in [4.78, 5) is 12.3. The van der Waals surface area contributed by atoms with Crippen LogP contribution in [0.1, 0.15) is 46.5 Å². The summed E-state index contributed by atoms with van der Waals surface area (Å²) in [6, 6.07) is 0. The lowest BCUT2D eigenvalue weighted by molar-refractivity contribution is -0.134. The van der Waals surface area contributed by atoms with E-state index in [2.05, 4.69) is 26.1 Å². The molecular weight excluding hydrogens is 174 g/mol. The third-order valence-corrected chi connectivity index (χ3v) is 3.82. The second-order valence-corrected chi connectivity index (χ2v) is 4.56. The molecule has 0 aromatic heterocycles. The third kappa shape index (κ3) is 2.17. The van der Waals surface area contributed by atoms with Crippen molar-refractivity contribution in [2.45, 2.75) is 46.5 Å². The second kappa shape index (κ2) is 4.92. The van der Waals surface area contributed by atoms with Crippen LogP contribution >= 0.6 is 0 Å². The van der Waals surface area contributed by atoms with Gasteiger partial charge in [-0.1, -0.05) is 20.8 Å². The van der Waals surface area contributed by atoms with Gasteiger partial charge in [-0.15, -0.1) is 0 Å². The molecule has 2 nitrogen and oxygen atoms in total. The van der Waals surface area contributed by atoms with Crippen molar-refractivity contribution >= 4 is 5.78 Å². The van der Waals surface area contributed by atoms with Crippen molar-refractivity contribution < 1.29 is 4.79 Å². The number of Topliss-reactive ketones (excluding diaryl/α,β-unsaturated/α-hetero) is 1. The summed E-state index contributed by atoms with van der Waals surface area (Å²) in [6.07, 6.45) is 4.06. The quantitative estimate of drug-likeness (QED) is 0.749. The maximum atomic E-state index is 12.3. The van der Waals surface area contributed by atoms with E-state index in [1.165, 1.54) is 0 Å². The van der Waals surface area contributed by atoms with Gasteiger partial charge in [0, 0.05) is 11.3 Å². The Morgan fingerprint density at radius 2 is 1.93 bits per heavy atom. The molecule has 1 heterocycles. The molecule has 1 N–H and O–H groups in total. The average Bonchev–Trinajstić information content (AvgIpc) is 2.28. The number of carbonyl (C=O) groups excluding carboxylic acids is 1. The first kappa shape index (κ1) is 11.7. The molecule has 1 rings (SSSR count). The fourth-order valence-electron chi connectivity index (χ4n) is 2.39. The molecule has 2 heteroatoms. The minimum absolute atomic E-state index is 0.000671. The van der Waals surface area contributed by atoms with Crippen LogP contribution in [0.4, 0.5) is 0 Å². The van der Waals surface area contributed by atoms with Gasteiger partial charge in [0.1, 0.15) is 5.78 Å². The molecule has 0 bridgehead atoms. The van der Waals surface area contributed by atoms with Gasteiger partial charge >= 0.3 is 0 Å². The van der Waals surface area contributed by atoms with E-state index in [1.807, 2.05) is 0 Å². The lowest BCUT2D eigenvalue weighted by Crippen LogP contribution is -2.43. The summed E-state index contributed by atoms with van der Waals surface area (Å²) in [5.41, 5.74) is 0.000671.